The van der Waals surface area contributed by atoms with Crippen molar-refractivity contribution in [3.8, 4) is 16.9 Å². The number of ether oxygens (including phenoxy) is 1. The lowest BCUT2D eigenvalue weighted by Gasteiger charge is -2.07. The molecule has 75 valence electrons. The highest BCUT2D eigenvalue weighted by Gasteiger charge is 2.06. The molecule has 0 bridgehead atoms. The van der Waals surface area contributed by atoms with Gasteiger partial charge in [0.05, 0.1) is 18.4 Å². The Morgan fingerprint density at radius 2 is 2.07 bits per heavy atom. The molecule has 1 aromatic carbocycles. The van der Waals surface area contributed by atoms with E-state index in [4.69, 9.17) is 4.74 Å². The molecule has 0 unspecified atom stereocenters. The van der Waals surface area contributed by atoms with Gasteiger partial charge in [0.15, 0.2) is 0 Å². The summed E-state index contributed by atoms with van der Waals surface area (Å²) >= 11 is 0. The zero-order valence-electron chi connectivity index (χ0n) is 8.47. The van der Waals surface area contributed by atoms with Crippen LogP contribution in [0.2, 0.25) is 0 Å². The molecule has 3 nitrogen and oxygen atoms in total. The average Bonchev–Trinajstić information content (AvgIpc) is 2.31. The van der Waals surface area contributed by atoms with Crippen molar-refractivity contribution >= 4 is 0 Å². The maximum atomic E-state index is 5.46. The largest absolute Gasteiger partial charge is 0.491 e. The van der Waals surface area contributed by atoms with E-state index in [2.05, 4.69) is 16.4 Å². The Balaban J connectivity index is 2.43. The van der Waals surface area contributed by atoms with Gasteiger partial charge in [-0.25, -0.2) is 0 Å². The highest BCUT2D eigenvalue weighted by atomic mass is 16.5. The van der Waals surface area contributed by atoms with Crippen LogP contribution in [-0.4, -0.2) is 16.8 Å². The minimum absolute atomic E-state index is 0.610. The molecule has 0 aliphatic carbocycles. The van der Waals surface area contributed by atoms with Crippen LogP contribution in [0, 0.1) is 6.20 Å². The zero-order chi connectivity index (χ0) is 10.5. The minimum Gasteiger partial charge on any atom is -0.491 e. The predicted molar refractivity (Wildman–Crippen MR) is 57.5 cm³/mol. The summed E-state index contributed by atoms with van der Waals surface area (Å²) in [4.78, 5) is 0. The molecule has 0 spiro atoms. The fourth-order valence-corrected chi connectivity index (χ4v) is 1.36. The Hall–Kier alpha value is -1.90. The van der Waals surface area contributed by atoms with Crippen LogP contribution in [0.15, 0.2) is 36.5 Å². The summed E-state index contributed by atoms with van der Waals surface area (Å²) in [6, 6.07) is 9.91. The number of benzene rings is 1. The van der Waals surface area contributed by atoms with Crippen LogP contribution in [0.1, 0.15) is 6.92 Å². The lowest BCUT2D eigenvalue weighted by molar-refractivity contribution is 0.339. The fraction of sp³-hybridized carbons (Fsp3) is 0.167. The van der Waals surface area contributed by atoms with E-state index in [1.807, 2.05) is 37.3 Å². The summed E-state index contributed by atoms with van der Waals surface area (Å²) < 4.78 is 5.46. The first kappa shape index (κ1) is 9.65. The lowest BCUT2D eigenvalue weighted by atomic mass is 10.1. The third kappa shape index (κ3) is 2.13. The second-order valence-electron chi connectivity index (χ2n) is 2.99. The molecule has 0 aliphatic heterocycles. The molecule has 1 radical (unpaired) electrons. The second-order valence-corrected chi connectivity index (χ2v) is 2.99. The zero-order valence-corrected chi connectivity index (χ0v) is 8.47. The Morgan fingerprint density at radius 1 is 1.27 bits per heavy atom. The Bertz CT molecular complexity index is 429. The predicted octanol–water partition coefficient (Wildman–Crippen LogP) is 2.34. The van der Waals surface area contributed by atoms with Gasteiger partial charge in [-0.15, -0.1) is 5.10 Å². The topological polar surface area (TPSA) is 35.0 Å². The molecule has 3 heteroatoms. The van der Waals surface area contributed by atoms with Crippen LogP contribution in [0.5, 0.6) is 5.75 Å². The maximum Gasteiger partial charge on any atom is 0.149 e. The molecule has 0 fully saturated rings. The number of rotatable bonds is 3. The first-order valence-electron chi connectivity index (χ1n) is 4.83. The van der Waals surface area contributed by atoms with Crippen molar-refractivity contribution in [2.45, 2.75) is 6.92 Å². The van der Waals surface area contributed by atoms with Crippen LogP contribution in [0.4, 0.5) is 0 Å². The van der Waals surface area contributed by atoms with Crippen molar-refractivity contribution in [3.63, 3.8) is 0 Å². The number of hydrogen-bond donors (Lipinski definition) is 0. The molecular formula is C12H11N2O. The molecule has 1 aromatic heterocycles. The van der Waals surface area contributed by atoms with Crippen LogP contribution >= 0.6 is 0 Å². The molecule has 1 heterocycles. The molecule has 0 amide bonds. The summed E-state index contributed by atoms with van der Waals surface area (Å²) in [6.45, 7) is 2.55. The Labute approximate surface area is 88.7 Å². The normalized spacial score (nSPS) is 9.93. The first-order valence-corrected chi connectivity index (χ1v) is 4.83. The number of nitrogens with zero attached hydrogens (tertiary/aromatic N) is 2. The Kier molecular flexibility index (Phi) is 2.93. The summed E-state index contributed by atoms with van der Waals surface area (Å²) in [7, 11) is 0. The van der Waals surface area contributed by atoms with E-state index >= 15 is 0 Å². The lowest BCUT2D eigenvalue weighted by Crippen LogP contribution is -1.96. The highest BCUT2D eigenvalue weighted by molar-refractivity contribution is 5.68. The third-order valence-electron chi connectivity index (χ3n) is 2.00. The van der Waals surface area contributed by atoms with E-state index in [1.54, 1.807) is 6.20 Å². The summed E-state index contributed by atoms with van der Waals surface area (Å²) in [5.41, 5.74) is 1.89. The molecule has 2 rings (SSSR count). The van der Waals surface area contributed by atoms with Gasteiger partial charge in [0.1, 0.15) is 11.9 Å². The van der Waals surface area contributed by atoms with Gasteiger partial charge in [-0.2, -0.15) is 5.10 Å². The molecule has 0 saturated carbocycles. The van der Waals surface area contributed by atoms with E-state index in [9.17, 15) is 0 Å². The van der Waals surface area contributed by atoms with Crippen LogP contribution in [0.25, 0.3) is 11.1 Å². The summed E-state index contributed by atoms with van der Waals surface area (Å²) in [5.74, 6) is 0.721. The first-order chi connectivity index (χ1) is 7.42. The van der Waals surface area contributed by atoms with Gasteiger partial charge < -0.3 is 4.74 Å². The van der Waals surface area contributed by atoms with Crippen LogP contribution < -0.4 is 4.74 Å². The van der Waals surface area contributed by atoms with Crippen molar-refractivity contribution in [2.75, 3.05) is 6.61 Å². The van der Waals surface area contributed by atoms with Gasteiger partial charge >= 0.3 is 0 Å². The van der Waals surface area contributed by atoms with E-state index in [0.717, 1.165) is 16.9 Å². The molecular weight excluding hydrogens is 188 g/mol. The molecule has 15 heavy (non-hydrogen) atoms. The monoisotopic (exact) mass is 199 g/mol. The van der Waals surface area contributed by atoms with Gasteiger partial charge in [0.25, 0.3) is 0 Å². The molecule has 0 atom stereocenters. The fourth-order valence-electron chi connectivity index (χ4n) is 1.36. The van der Waals surface area contributed by atoms with E-state index in [0.29, 0.717) is 6.61 Å². The SMILES string of the molecule is CCOc1cnn[c]c1-c1ccccc1. The van der Waals surface area contributed by atoms with Crippen molar-refractivity contribution in [1.82, 2.24) is 10.2 Å². The highest BCUT2D eigenvalue weighted by Crippen LogP contribution is 2.27. The third-order valence-corrected chi connectivity index (χ3v) is 2.00. The van der Waals surface area contributed by atoms with E-state index < -0.39 is 0 Å². The quantitative estimate of drug-likeness (QED) is 0.761. The Morgan fingerprint density at radius 3 is 2.80 bits per heavy atom. The average molecular weight is 199 g/mol. The van der Waals surface area contributed by atoms with Gasteiger partial charge in [-0.05, 0) is 12.5 Å². The van der Waals surface area contributed by atoms with Crippen molar-refractivity contribution in [1.29, 1.82) is 0 Å². The molecule has 0 saturated heterocycles. The summed E-state index contributed by atoms with van der Waals surface area (Å²) in [5, 5.41) is 7.51. The van der Waals surface area contributed by atoms with Gasteiger partial charge in [0, 0.05) is 0 Å². The van der Waals surface area contributed by atoms with Crippen molar-refractivity contribution in [2.24, 2.45) is 0 Å². The van der Waals surface area contributed by atoms with Crippen molar-refractivity contribution < 1.29 is 4.74 Å². The van der Waals surface area contributed by atoms with Gasteiger partial charge in [-0.1, -0.05) is 30.3 Å². The molecule has 0 aliphatic rings. The van der Waals surface area contributed by atoms with E-state index in [-0.39, 0.29) is 0 Å². The van der Waals surface area contributed by atoms with Crippen LogP contribution in [-0.2, 0) is 0 Å². The number of hydrogen-bond acceptors (Lipinski definition) is 3. The standard InChI is InChI=1S/C12H11N2O/c1-2-15-12-9-14-13-8-11(12)10-6-4-3-5-7-10/h3-7,9H,2H2,1H3. The van der Waals surface area contributed by atoms with Gasteiger partial charge in [0.2, 0.25) is 0 Å². The molecule has 2 aromatic rings. The summed E-state index contributed by atoms with van der Waals surface area (Å²) in [6.07, 6.45) is 4.47. The minimum atomic E-state index is 0.610. The molecule has 0 N–H and O–H groups in total. The van der Waals surface area contributed by atoms with Crippen LogP contribution in [0.3, 0.4) is 0 Å². The van der Waals surface area contributed by atoms with Gasteiger partial charge in [-0.3, -0.25) is 0 Å². The van der Waals surface area contributed by atoms with E-state index in [1.165, 1.54) is 0 Å². The smallest absolute Gasteiger partial charge is 0.149 e. The number of aromatic nitrogens is 2. The van der Waals surface area contributed by atoms with Crippen molar-refractivity contribution in [3.05, 3.63) is 42.7 Å². The second kappa shape index (κ2) is 4.55. The maximum absolute atomic E-state index is 5.46.